The van der Waals surface area contributed by atoms with Crippen molar-refractivity contribution in [2.24, 2.45) is 11.7 Å². The van der Waals surface area contributed by atoms with Gasteiger partial charge in [0.25, 0.3) is 0 Å². The van der Waals surface area contributed by atoms with Gasteiger partial charge in [0, 0.05) is 12.5 Å². The third kappa shape index (κ3) is 2.67. The van der Waals surface area contributed by atoms with Crippen molar-refractivity contribution in [1.82, 2.24) is 5.32 Å². The van der Waals surface area contributed by atoms with Crippen molar-refractivity contribution in [2.75, 3.05) is 19.6 Å². The van der Waals surface area contributed by atoms with Crippen LogP contribution in [0.4, 0.5) is 4.39 Å². The van der Waals surface area contributed by atoms with Gasteiger partial charge in [-0.2, -0.15) is 0 Å². The summed E-state index contributed by atoms with van der Waals surface area (Å²) in [5, 5.41) is 3.22. The molecule has 1 aromatic carbocycles. The third-order valence-corrected chi connectivity index (χ3v) is 3.78. The number of benzene rings is 1. The number of rotatable bonds is 4. The highest BCUT2D eigenvalue weighted by atomic mass is 19.1. The van der Waals surface area contributed by atoms with E-state index >= 15 is 0 Å². The molecule has 0 radical (unpaired) electrons. The highest BCUT2D eigenvalue weighted by Crippen LogP contribution is 2.37. The lowest BCUT2D eigenvalue weighted by molar-refractivity contribution is 0.112. The first-order valence-corrected chi connectivity index (χ1v) is 6.33. The molecule has 94 valence electrons. The molecule has 0 aliphatic carbocycles. The maximum atomic E-state index is 14.8. The highest BCUT2D eigenvalue weighted by Gasteiger charge is 2.37. The van der Waals surface area contributed by atoms with Gasteiger partial charge in [0.1, 0.15) is 5.67 Å². The van der Waals surface area contributed by atoms with Crippen LogP contribution in [0.25, 0.3) is 0 Å². The second kappa shape index (κ2) is 5.15. The van der Waals surface area contributed by atoms with Crippen LogP contribution in [0, 0.1) is 5.92 Å². The van der Waals surface area contributed by atoms with Gasteiger partial charge >= 0.3 is 0 Å². The molecule has 17 heavy (non-hydrogen) atoms. The molecule has 1 aromatic rings. The van der Waals surface area contributed by atoms with E-state index in [2.05, 4.69) is 5.32 Å². The van der Waals surface area contributed by atoms with Crippen molar-refractivity contribution < 1.29 is 4.39 Å². The van der Waals surface area contributed by atoms with Gasteiger partial charge in [-0.3, -0.25) is 0 Å². The van der Waals surface area contributed by atoms with E-state index in [9.17, 15) is 4.39 Å². The van der Waals surface area contributed by atoms with Crippen molar-refractivity contribution in [2.45, 2.75) is 25.4 Å². The molecule has 1 saturated heterocycles. The molecule has 1 fully saturated rings. The van der Waals surface area contributed by atoms with Gasteiger partial charge in [-0.1, -0.05) is 24.3 Å². The van der Waals surface area contributed by atoms with Crippen LogP contribution >= 0.6 is 0 Å². The minimum atomic E-state index is -1.23. The molecule has 1 aliphatic rings. The molecule has 3 N–H and O–H groups in total. The van der Waals surface area contributed by atoms with E-state index < -0.39 is 5.67 Å². The molecular weight excluding hydrogens is 215 g/mol. The fraction of sp³-hybridized carbons (Fsp3) is 0.571. The van der Waals surface area contributed by atoms with Crippen LogP contribution in [0.3, 0.4) is 0 Å². The molecule has 0 amide bonds. The van der Waals surface area contributed by atoms with Crippen molar-refractivity contribution in [3.8, 4) is 0 Å². The van der Waals surface area contributed by atoms with Crippen LogP contribution in [-0.4, -0.2) is 19.6 Å². The Labute approximate surface area is 102 Å². The van der Waals surface area contributed by atoms with Gasteiger partial charge in [-0.05, 0) is 44.0 Å². The molecule has 2 unspecified atom stereocenters. The molecule has 0 aromatic heterocycles. The van der Waals surface area contributed by atoms with Crippen molar-refractivity contribution in [3.05, 3.63) is 35.4 Å². The van der Waals surface area contributed by atoms with Gasteiger partial charge in [0.2, 0.25) is 0 Å². The Morgan fingerprint density at radius 1 is 1.41 bits per heavy atom. The number of hydrogen-bond acceptors (Lipinski definition) is 2. The predicted octanol–water partition coefficient (Wildman–Crippen LogP) is 1.98. The zero-order chi connectivity index (χ0) is 12.3. The van der Waals surface area contributed by atoms with Gasteiger partial charge in [0.05, 0.1) is 0 Å². The lowest BCUT2D eigenvalue weighted by Gasteiger charge is -2.27. The standard InChI is InChI=1S/C14H21FN2/c1-14(15,13-7-9-17-10-13)12-4-2-11(3-5-12)6-8-16/h2-5,13,17H,6-10,16H2,1H3. The van der Waals surface area contributed by atoms with Gasteiger partial charge < -0.3 is 11.1 Å². The number of nitrogens with two attached hydrogens (primary N) is 1. The fourth-order valence-electron chi connectivity index (χ4n) is 2.52. The van der Waals surface area contributed by atoms with Crippen LogP contribution in [0.2, 0.25) is 0 Å². The lowest BCUT2D eigenvalue weighted by atomic mass is 9.83. The smallest absolute Gasteiger partial charge is 0.137 e. The van der Waals surface area contributed by atoms with Crippen LogP contribution < -0.4 is 11.1 Å². The van der Waals surface area contributed by atoms with Gasteiger partial charge in [-0.25, -0.2) is 4.39 Å². The summed E-state index contributed by atoms with van der Waals surface area (Å²) >= 11 is 0. The van der Waals surface area contributed by atoms with Gasteiger partial charge in [-0.15, -0.1) is 0 Å². The lowest BCUT2D eigenvalue weighted by Crippen LogP contribution is -2.29. The molecule has 2 rings (SSSR count). The van der Waals surface area contributed by atoms with E-state index in [-0.39, 0.29) is 5.92 Å². The average Bonchev–Trinajstić information content (AvgIpc) is 2.84. The molecular formula is C14H21FN2. The summed E-state index contributed by atoms with van der Waals surface area (Å²) in [6.45, 7) is 4.04. The fourth-order valence-corrected chi connectivity index (χ4v) is 2.52. The molecule has 2 atom stereocenters. The van der Waals surface area contributed by atoms with Gasteiger partial charge in [0.15, 0.2) is 0 Å². The van der Waals surface area contributed by atoms with E-state index in [1.165, 1.54) is 5.56 Å². The zero-order valence-electron chi connectivity index (χ0n) is 10.4. The second-order valence-electron chi connectivity index (χ2n) is 5.00. The van der Waals surface area contributed by atoms with Crippen LogP contribution in [0.5, 0.6) is 0 Å². The Morgan fingerprint density at radius 3 is 2.65 bits per heavy atom. The molecule has 0 bridgehead atoms. The largest absolute Gasteiger partial charge is 0.330 e. The molecule has 3 heteroatoms. The first-order chi connectivity index (χ1) is 8.14. The summed E-state index contributed by atoms with van der Waals surface area (Å²) in [5.41, 5.74) is 6.23. The summed E-state index contributed by atoms with van der Waals surface area (Å²) in [6, 6.07) is 7.79. The van der Waals surface area contributed by atoms with Crippen LogP contribution in [-0.2, 0) is 12.1 Å². The molecule has 1 aliphatic heterocycles. The van der Waals surface area contributed by atoms with Crippen molar-refractivity contribution >= 4 is 0 Å². The van der Waals surface area contributed by atoms with E-state index in [0.29, 0.717) is 6.54 Å². The Morgan fingerprint density at radius 2 is 2.12 bits per heavy atom. The Bertz CT molecular complexity index is 353. The van der Waals surface area contributed by atoms with Crippen molar-refractivity contribution in [1.29, 1.82) is 0 Å². The summed E-state index contributed by atoms with van der Waals surface area (Å²) in [6.07, 6.45) is 1.77. The minimum absolute atomic E-state index is 0.0860. The summed E-state index contributed by atoms with van der Waals surface area (Å²) in [5.74, 6) is 0.0860. The normalized spacial score (nSPS) is 23.6. The number of hydrogen-bond donors (Lipinski definition) is 2. The summed E-state index contributed by atoms with van der Waals surface area (Å²) in [4.78, 5) is 0. The predicted molar refractivity (Wildman–Crippen MR) is 68.6 cm³/mol. The van der Waals surface area contributed by atoms with Crippen molar-refractivity contribution in [3.63, 3.8) is 0 Å². The molecule has 1 heterocycles. The first kappa shape index (κ1) is 12.5. The summed E-state index contributed by atoms with van der Waals surface area (Å²) < 4.78 is 14.8. The zero-order valence-corrected chi connectivity index (χ0v) is 10.4. The summed E-state index contributed by atoms with van der Waals surface area (Å²) in [7, 11) is 0. The third-order valence-electron chi connectivity index (χ3n) is 3.78. The van der Waals surface area contributed by atoms with E-state index in [1.807, 2.05) is 24.3 Å². The molecule has 2 nitrogen and oxygen atoms in total. The van der Waals surface area contributed by atoms with Crippen LogP contribution in [0.1, 0.15) is 24.5 Å². The topological polar surface area (TPSA) is 38.0 Å². The van der Waals surface area contributed by atoms with E-state index in [0.717, 1.165) is 31.5 Å². The maximum Gasteiger partial charge on any atom is 0.137 e. The van der Waals surface area contributed by atoms with Crippen LogP contribution in [0.15, 0.2) is 24.3 Å². The quantitative estimate of drug-likeness (QED) is 0.839. The Kier molecular flexibility index (Phi) is 3.79. The van der Waals surface area contributed by atoms with E-state index in [1.54, 1.807) is 6.92 Å². The monoisotopic (exact) mass is 236 g/mol. The minimum Gasteiger partial charge on any atom is -0.330 e. The highest BCUT2D eigenvalue weighted by molar-refractivity contribution is 5.28. The number of nitrogens with one attached hydrogen (secondary N) is 1. The molecule has 0 saturated carbocycles. The Hall–Kier alpha value is -0.930. The Balaban J connectivity index is 2.14. The number of alkyl halides is 1. The SMILES string of the molecule is CC(F)(c1ccc(CCN)cc1)C1CCNC1. The number of halogens is 1. The second-order valence-corrected chi connectivity index (χ2v) is 5.00. The first-order valence-electron chi connectivity index (χ1n) is 6.33. The van der Waals surface area contributed by atoms with E-state index in [4.69, 9.17) is 5.73 Å². The maximum absolute atomic E-state index is 14.8. The average molecular weight is 236 g/mol. The molecule has 0 spiro atoms.